The zero-order valence-electron chi connectivity index (χ0n) is 9.08. The van der Waals surface area contributed by atoms with Crippen LogP contribution in [0, 0.1) is 0 Å². The Balaban J connectivity index is 2.29. The first kappa shape index (κ1) is 11.5. The van der Waals surface area contributed by atoms with Crippen molar-refractivity contribution in [2.75, 3.05) is 12.8 Å². The van der Waals surface area contributed by atoms with E-state index in [1.54, 1.807) is 0 Å². The van der Waals surface area contributed by atoms with Crippen molar-refractivity contribution < 1.29 is 0 Å². The highest BCUT2D eigenvalue weighted by atomic mass is 32.2. The van der Waals surface area contributed by atoms with Crippen LogP contribution in [0.1, 0.15) is 19.5 Å². The van der Waals surface area contributed by atoms with Gasteiger partial charge in [0.15, 0.2) is 0 Å². The molecule has 1 aromatic heterocycles. The smallest absolute Gasteiger partial charge is 0.0541 e. The summed E-state index contributed by atoms with van der Waals surface area (Å²) in [7, 11) is 0. The van der Waals surface area contributed by atoms with Crippen LogP contribution < -0.4 is 5.32 Å². The van der Waals surface area contributed by atoms with Gasteiger partial charge in [0.05, 0.1) is 5.69 Å². The summed E-state index contributed by atoms with van der Waals surface area (Å²) >= 11 is 1.88. The largest absolute Gasteiger partial charge is 0.310 e. The molecule has 0 radical (unpaired) electrons. The highest BCUT2D eigenvalue weighted by molar-refractivity contribution is 7.99. The third-order valence-electron chi connectivity index (χ3n) is 2.14. The molecule has 1 aromatic rings. The minimum Gasteiger partial charge on any atom is -0.310 e. The Morgan fingerprint density at radius 1 is 1.43 bits per heavy atom. The summed E-state index contributed by atoms with van der Waals surface area (Å²) in [4.78, 5) is 4.25. The summed E-state index contributed by atoms with van der Waals surface area (Å²) in [6.45, 7) is 6.34. The maximum absolute atomic E-state index is 4.25. The molecule has 14 heavy (non-hydrogen) atoms. The fourth-order valence-electron chi connectivity index (χ4n) is 1.07. The Hall–Kier alpha value is -0.540. The summed E-state index contributed by atoms with van der Waals surface area (Å²) in [5.41, 5.74) is 1.10. The molecule has 0 aliphatic rings. The molecule has 0 aliphatic carbocycles. The fraction of sp³-hybridized carbons (Fsp3) is 0.545. The standard InChI is InChI=1S/C11H18N2S/c1-11(2,14-3)9-12-8-10-6-4-5-7-13-10/h4-7,12H,8-9H2,1-3H3. The number of pyridine rings is 1. The molecule has 0 aliphatic heterocycles. The molecule has 0 aromatic carbocycles. The van der Waals surface area contributed by atoms with Crippen LogP contribution in [-0.4, -0.2) is 22.5 Å². The van der Waals surface area contributed by atoms with Gasteiger partial charge in [-0.15, -0.1) is 0 Å². The molecule has 78 valence electrons. The monoisotopic (exact) mass is 210 g/mol. The average Bonchev–Trinajstić information content (AvgIpc) is 2.19. The maximum Gasteiger partial charge on any atom is 0.0541 e. The van der Waals surface area contributed by atoms with Gasteiger partial charge in [0.25, 0.3) is 0 Å². The lowest BCUT2D eigenvalue weighted by molar-refractivity contribution is 0.585. The van der Waals surface area contributed by atoms with E-state index in [9.17, 15) is 0 Å². The second kappa shape index (κ2) is 5.37. The maximum atomic E-state index is 4.25. The molecule has 0 atom stereocenters. The van der Waals surface area contributed by atoms with Gasteiger partial charge in [0, 0.05) is 24.0 Å². The molecule has 0 bridgehead atoms. The number of thioether (sulfide) groups is 1. The van der Waals surface area contributed by atoms with Crippen LogP contribution in [0.25, 0.3) is 0 Å². The normalized spacial score (nSPS) is 11.6. The van der Waals surface area contributed by atoms with Gasteiger partial charge in [-0.2, -0.15) is 11.8 Å². The topological polar surface area (TPSA) is 24.9 Å². The highest BCUT2D eigenvalue weighted by Gasteiger charge is 2.14. The van der Waals surface area contributed by atoms with E-state index >= 15 is 0 Å². The van der Waals surface area contributed by atoms with Gasteiger partial charge >= 0.3 is 0 Å². The second-order valence-corrected chi connectivity index (χ2v) is 5.40. The van der Waals surface area contributed by atoms with Gasteiger partial charge in [-0.3, -0.25) is 4.98 Å². The van der Waals surface area contributed by atoms with Gasteiger partial charge in [-0.05, 0) is 32.2 Å². The summed E-state index contributed by atoms with van der Waals surface area (Å²) in [5, 5.41) is 3.41. The van der Waals surface area contributed by atoms with E-state index in [1.165, 1.54) is 0 Å². The Bertz CT molecular complexity index is 259. The molecule has 2 nitrogen and oxygen atoms in total. The predicted molar refractivity (Wildman–Crippen MR) is 63.5 cm³/mol. The van der Waals surface area contributed by atoms with Crippen molar-refractivity contribution in [3.8, 4) is 0 Å². The molecular formula is C11H18N2S. The number of nitrogens with one attached hydrogen (secondary N) is 1. The lowest BCUT2D eigenvalue weighted by Gasteiger charge is -2.22. The molecule has 1 heterocycles. The van der Waals surface area contributed by atoms with Crippen LogP contribution in [-0.2, 0) is 6.54 Å². The quantitative estimate of drug-likeness (QED) is 0.807. The molecular weight excluding hydrogens is 192 g/mol. The van der Waals surface area contributed by atoms with Crippen molar-refractivity contribution in [3.63, 3.8) is 0 Å². The number of hydrogen-bond donors (Lipinski definition) is 1. The van der Waals surface area contributed by atoms with Crippen molar-refractivity contribution in [1.29, 1.82) is 0 Å². The lowest BCUT2D eigenvalue weighted by atomic mass is 10.2. The lowest BCUT2D eigenvalue weighted by Crippen LogP contribution is -2.31. The predicted octanol–water partition coefficient (Wildman–Crippen LogP) is 2.31. The van der Waals surface area contributed by atoms with Crippen LogP contribution in [0.5, 0.6) is 0 Å². The molecule has 0 fully saturated rings. The Kier molecular flexibility index (Phi) is 4.42. The fourth-order valence-corrected chi connectivity index (χ4v) is 1.31. The zero-order valence-corrected chi connectivity index (χ0v) is 9.90. The Morgan fingerprint density at radius 2 is 2.21 bits per heavy atom. The van der Waals surface area contributed by atoms with E-state index in [-0.39, 0.29) is 0 Å². The van der Waals surface area contributed by atoms with Gasteiger partial charge < -0.3 is 5.32 Å². The zero-order chi connectivity index (χ0) is 10.4. The summed E-state index contributed by atoms with van der Waals surface area (Å²) in [6, 6.07) is 6.00. The first-order chi connectivity index (χ1) is 6.64. The van der Waals surface area contributed by atoms with Crippen molar-refractivity contribution in [2.45, 2.75) is 25.1 Å². The van der Waals surface area contributed by atoms with E-state index in [0.29, 0.717) is 4.75 Å². The van der Waals surface area contributed by atoms with Crippen molar-refractivity contribution in [3.05, 3.63) is 30.1 Å². The molecule has 0 saturated heterocycles. The van der Waals surface area contributed by atoms with E-state index in [0.717, 1.165) is 18.8 Å². The van der Waals surface area contributed by atoms with E-state index in [4.69, 9.17) is 0 Å². The van der Waals surface area contributed by atoms with E-state index in [1.807, 2.05) is 36.2 Å². The van der Waals surface area contributed by atoms with Gasteiger partial charge in [0.2, 0.25) is 0 Å². The van der Waals surface area contributed by atoms with Gasteiger partial charge in [-0.25, -0.2) is 0 Å². The van der Waals surface area contributed by atoms with E-state index in [2.05, 4.69) is 30.4 Å². The molecule has 1 N–H and O–H groups in total. The number of aromatic nitrogens is 1. The molecule has 0 unspecified atom stereocenters. The highest BCUT2D eigenvalue weighted by Crippen LogP contribution is 2.19. The summed E-state index contributed by atoms with van der Waals surface area (Å²) in [6.07, 6.45) is 3.97. The van der Waals surface area contributed by atoms with Crippen molar-refractivity contribution in [2.24, 2.45) is 0 Å². The third kappa shape index (κ3) is 4.11. The van der Waals surface area contributed by atoms with Gasteiger partial charge in [-0.1, -0.05) is 6.07 Å². The molecule has 0 amide bonds. The Labute approximate surface area is 90.5 Å². The third-order valence-corrected chi connectivity index (χ3v) is 3.39. The van der Waals surface area contributed by atoms with E-state index < -0.39 is 0 Å². The number of rotatable bonds is 5. The summed E-state index contributed by atoms with van der Waals surface area (Å²) < 4.78 is 0.300. The second-order valence-electron chi connectivity index (χ2n) is 3.89. The molecule has 1 rings (SSSR count). The van der Waals surface area contributed by atoms with Crippen molar-refractivity contribution in [1.82, 2.24) is 10.3 Å². The first-order valence-electron chi connectivity index (χ1n) is 4.80. The average molecular weight is 210 g/mol. The van der Waals surface area contributed by atoms with Crippen LogP contribution >= 0.6 is 11.8 Å². The van der Waals surface area contributed by atoms with Crippen LogP contribution in [0.4, 0.5) is 0 Å². The number of nitrogens with zero attached hydrogens (tertiary/aromatic N) is 1. The Morgan fingerprint density at radius 3 is 2.79 bits per heavy atom. The van der Waals surface area contributed by atoms with Crippen LogP contribution in [0.15, 0.2) is 24.4 Å². The molecule has 0 saturated carbocycles. The minimum atomic E-state index is 0.300. The van der Waals surface area contributed by atoms with Crippen LogP contribution in [0.2, 0.25) is 0 Å². The summed E-state index contributed by atoms with van der Waals surface area (Å²) in [5.74, 6) is 0. The SMILES string of the molecule is CSC(C)(C)CNCc1ccccn1. The minimum absolute atomic E-state index is 0.300. The molecule has 3 heteroatoms. The molecule has 0 spiro atoms. The van der Waals surface area contributed by atoms with Crippen LogP contribution in [0.3, 0.4) is 0 Å². The number of hydrogen-bond acceptors (Lipinski definition) is 3. The van der Waals surface area contributed by atoms with Gasteiger partial charge in [0.1, 0.15) is 0 Å². The van der Waals surface area contributed by atoms with Crippen molar-refractivity contribution >= 4 is 11.8 Å². The first-order valence-corrected chi connectivity index (χ1v) is 6.02.